The number of aromatic nitrogens is 2. The Morgan fingerprint density at radius 2 is 1.65 bits per heavy atom. The lowest BCUT2D eigenvalue weighted by Crippen LogP contribution is -2.71. The highest BCUT2D eigenvalue weighted by Crippen LogP contribution is 2.38. The molecule has 0 radical (unpaired) electrons. The number of hydrogen-bond acceptors (Lipinski definition) is 9. The van der Waals surface area contributed by atoms with Gasteiger partial charge in [0.1, 0.15) is 11.6 Å². The summed E-state index contributed by atoms with van der Waals surface area (Å²) in [7, 11) is 1.86. The van der Waals surface area contributed by atoms with E-state index in [2.05, 4.69) is 25.0 Å². The predicted octanol–water partition coefficient (Wildman–Crippen LogP) is 6.44. The smallest absolute Gasteiger partial charge is 0.308 e. The lowest BCUT2D eigenvalue weighted by atomic mass is 9.87. The highest BCUT2D eigenvalue weighted by Gasteiger charge is 2.53. The van der Waals surface area contributed by atoms with E-state index in [1.165, 1.54) is 12.1 Å². The highest BCUT2D eigenvalue weighted by molar-refractivity contribution is 6.34. The molecule has 54 heavy (non-hydrogen) atoms. The van der Waals surface area contributed by atoms with Gasteiger partial charge in [-0.05, 0) is 81.3 Å². The van der Waals surface area contributed by atoms with Gasteiger partial charge in [-0.25, -0.2) is 9.37 Å². The van der Waals surface area contributed by atoms with Gasteiger partial charge in [-0.2, -0.15) is 0 Å². The van der Waals surface area contributed by atoms with Gasteiger partial charge in [0.25, 0.3) is 5.91 Å². The van der Waals surface area contributed by atoms with Crippen LogP contribution in [-0.2, 0) is 32.5 Å². The van der Waals surface area contributed by atoms with Gasteiger partial charge in [0, 0.05) is 76.0 Å². The Bertz CT molecular complexity index is 1970. The molecule has 3 fully saturated rings. The Morgan fingerprint density at radius 1 is 0.944 bits per heavy atom. The number of benzene rings is 2. The van der Waals surface area contributed by atoms with Crippen molar-refractivity contribution in [2.75, 3.05) is 56.1 Å². The molecular weight excluding hydrogens is 711 g/mol. The van der Waals surface area contributed by atoms with E-state index in [4.69, 9.17) is 21.1 Å². The third-order valence-electron chi connectivity index (χ3n) is 11.1. The molecule has 3 aliphatic rings. The number of nitrogens with one attached hydrogen (secondary N) is 1. The summed E-state index contributed by atoms with van der Waals surface area (Å²) in [4.78, 5) is 52.0. The zero-order valence-electron chi connectivity index (χ0n) is 30.9. The molecule has 2 aromatic heterocycles. The van der Waals surface area contributed by atoms with Crippen molar-refractivity contribution in [3.63, 3.8) is 0 Å². The van der Waals surface area contributed by atoms with E-state index >= 15 is 9.18 Å². The lowest BCUT2D eigenvalue weighted by molar-refractivity contribution is -0.257. The Morgan fingerprint density at radius 3 is 2.35 bits per heavy atom. The molecule has 1 N–H and O–H groups in total. The summed E-state index contributed by atoms with van der Waals surface area (Å²) in [6.45, 7) is 5.78. The number of aryl methyl sites for hydroxylation is 1. The first-order valence-electron chi connectivity index (χ1n) is 19.0. The number of esters is 1. The van der Waals surface area contributed by atoms with Gasteiger partial charge < -0.3 is 24.3 Å². The predicted molar refractivity (Wildman–Crippen MR) is 206 cm³/mol. The van der Waals surface area contributed by atoms with Crippen LogP contribution in [0.2, 0.25) is 5.02 Å². The maximum Gasteiger partial charge on any atom is 0.308 e. The zero-order valence-corrected chi connectivity index (χ0v) is 31.7. The van der Waals surface area contributed by atoms with Crippen LogP contribution in [0.3, 0.4) is 0 Å². The number of carbonyl (C=O) groups is 3. The molecule has 4 heterocycles. The molecule has 1 aliphatic carbocycles. The first kappa shape index (κ1) is 37.9. The van der Waals surface area contributed by atoms with E-state index in [0.717, 1.165) is 29.6 Å². The average molecular weight is 759 g/mol. The van der Waals surface area contributed by atoms with Crippen molar-refractivity contribution in [1.29, 1.82) is 0 Å². The monoisotopic (exact) mass is 758 g/mol. The number of Topliss-reactive ketones (excluding diaryl/α,β-unsaturated/α-hetero) is 1. The van der Waals surface area contributed by atoms with Crippen LogP contribution in [0.25, 0.3) is 10.9 Å². The van der Waals surface area contributed by atoms with Gasteiger partial charge in [-0.1, -0.05) is 35.9 Å². The molecular formula is C41H48ClFN6O5. The topological polar surface area (TPSA) is 109 Å². The number of anilines is 2. The van der Waals surface area contributed by atoms with Gasteiger partial charge in [0.15, 0.2) is 5.78 Å². The molecule has 1 amide bonds. The molecule has 0 spiro atoms. The normalized spacial score (nSPS) is 20.9. The number of amides is 1. The minimum absolute atomic E-state index is 0.120. The maximum atomic E-state index is 16.1. The Kier molecular flexibility index (Phi) is 11.6. The minimum Gasteiger partial charge on any atom is -0.466 e. The molecule has 2 aromatic carbocycles. The van der Waals surface area contributed by atoms with Crippen LogP contribution in [0.5, 0.6) is 0 Å². The number of pyridine rings is 1. The number of piperazine rings is 1. The first-order valence-corrected chi connectivity index (χ1v) is 19.4. The standard InChI is InChI=1S/C41H48ClFN6O5/c1-3-53-40(52)28-13-15-30(16-14-28)54-41(48-18-8-9-19-48,49-22-20-47(21-23-49)38-12-6-7-17-44-38)37(50)25-29-24-33(42)35(26-34(29)43)45-39(51)32-27-46(2)36-11-5-4-10-31(32)36/h4-7,10-12,17,24,26-28,30H,3,8-9,13-16,18-23,25H2,1-2H3,(H,45,51)/t28-,30-,41?. The Labute approximate surface area is 320 Å². The fourth-order valence-corrected chi connectivity index (χ4v) is 8.53. The second kappa shape index (κ2) is 16.6. The molecule has 1 saturated carbocycles. The summed E-state index contributed by atoms with van der Waals surface area (Å²) in [5, 5.41) is 3.67. The van der Waals surface area contributed by atoms with E-state index in [1.807, 2.05) is 61.0 Å². The van der Waals surface area contributed by atoms with Crippen molar-refractivity contribution in [2.24, 2.45) is 13.0 Å². The summed E-state index contributed by atoms with van der Waals surface area (Å²) in [5.41, 5.74) is 1.58. The zero-order chi connectivity index (χ0) is 37.8. The molecule has 7 rings (SSSR count). The van der Waals surface area contributed by atoms with Crippen LogP contribution in [0, 0.1) is 11.7 Å². The third-order valence-corrected chi connectivity index (χ3v) is 11.4. The fraction of sp³-hybridized carbons (Fsp3) is 0.463. The second-order valence-corrected chi connectivity index (χ2v) is 14.9. The van der Waals surface area contributed by atoms with Crippen LogP contribution < -0.4 is 10.2 Å². The van der Waals surface area contributed by atoms with Crippen molar-refractivity contribution in [2.45, 2.75) is 63.8 Å². The number of ether oxygens (including phenoxy) is 2. The van der Waals surface area contributed by atoms with Gasteiger partial charge >= 0.3 is 5.97 Å². The number of likely N-dealkylation sites (tertiary alicyclic amines) is 1. The summed E-state index contributed by atoms with van der Waals surface area (Å²) in [6.07, 6.45) is 7.20. The van der Waals surface area contributed by atoms with Gasteiger partial charge in [-0.3, -0.25) is 24.2 Å². The van der Waals surface area contributed by atoms with Crippen molar-refractivity contribution in [1.82, 2.24) is 19.4 Å². The van der Waals surface area contributed by atoms with Gasteiger partial charge in [0.05, 0.1) is 34.9 Å². The highest BCUT2D eigenvalue weighted by atomic mass is 35.5. The maximum absolute atomic E-state index is 16.1. The summed E-state index contributed by atoms with van der Waals surface area (Å²) >= 11 is 6.72. The third kappa shape index (κ3) is 7.75. The number of carbonyl (C=O) groups excluding carboxylic acids is 3. The SMILES string of the molecule is CCOC(=O)[C@H]1CC[C@H](OC(C(=O)Cc2cc(Cl)c(NC(=O)c3cn(C)c4ccccc34)cc2F)(N2CCCC2)N2CCN(c3ccccn3)CC2)CC1. The molecule has 0 bridgehead atoms. The van der Waals surface area contributed by atoms with Crippen LogP contribution in [0.1, 0.15) is 61.4 Å². The summed E-state index contributed by atoms with van der Waals surface area (Å²) < 4.78 is 30.4. The largest absolute Gasteiger partial charge is 0.466 e. The number of fused-ring (bicyclic) bond motifs is 1. The van der Waals surface area contributed by atoms with E-state index in [-0.39, 0.29) is 46.5 Å². The van der Waals surface area contributed by atoms with Crippen molar-refractivity contribution in [3.05, 3.63) is 89.0 Å². The first-order chi connectivity index (χ1) is 26.2. The lowest BCUT2D eigenvalue weighted by Gasteiger charge is -2.52. The molecule has 11 nitrogen and oxygen atoms in total. The van der Waals surface area contributed by atoms with E-state index in [0.29, 0.717) is 77.1 Å². The van der Waals surface area contributed by atoms with Crippen LogP contribution in [-0.4, -0.2) is 94.8 Å². The average Bonchev–Trinajstić information content (AvgIpc) is 3.85. The Balaban J connectivity index is 1.15. The molecule has 1 unspecified atom stereocenters. The van der Waals surface area contributed by atoms with Crippen LogP contribution in [0.4, 0.5) is 15.9 Å². The number of halogens is 2. The number of para-hydroxylation sites is 1. The molecule has 13 heteroatoms. The van der Waals surface area contributed by atoms with E-state index in [9.17, 15) is 9.59 Å². The van der Waals surface area contributed by atoms with E-state index in [1.54, 1.807) is 12.4 Å². The van der Waals surface area contributed by atoms with Gasteiger partial charge in [0.2, 0.25) is 5.85 Å². The molecule has 1 atom stereocenters. The molecule has 4 aromatic rings. The van der Waals surface area contributed by atoms with Crippen LogP contribution in [0.15, 0.2) is 67.0 Å². The number of rotatable bonds is 12. The second-order valence-electron chi connectivity index (χ2n) is 14.5. The summed E-state index contributed by atoms with van der Waals surface area (Å²) in [5.74, 6) is -2.29. The van der Waals surface area contributed by atoms with Crippen molar-refractivity contribution < 1.29 is 28.2 Å². The molecule has 2 aliphatic heterocycles. The minimum atomic E-state index is -1.45. The van der Waals surface area contributed by atoms with E-state index < -0.39 is 17.6 Å². The van der Waals surface area contributed by atoms with Crippen LogP contribution >= 0.6 is 11.6 Å². The number of hydrogen-bond donors (Lipinski definition) is 1. The molecule has 2 saturated heterocycles. The van der Waals surface area contributed by atoms with Crippen molar-refractivity contribution in [3.8, 4) is 0 Å². The Hall–Kier alpha value is -4.36. The molecule has 286 valence electrons. The van der Waals surface area contributed by atoms with Crippen molar-refractivity contribution >= 4 is 51.7 Å². The quantitative estimate of drug-likeness (QED) is 0.163. The fourth-order valence-electron chi connectivity index (χ4n) is 8.30. The summed E-state index contributed by atoms with van der Waals surface area (Å²) in [6, 6.07) is 16.0. The number of nitrogens with zero attached hydrogens (tertiary/aromatic N) is 5. The number of ketones is 1. The van der Waals surface area contributed by atoms with Gasteiger partial charge in [-0.15, -0.1) is 0 Å².